The first-order chi connectivity index (χ1) is 6.77. The van der Waals surface area contributed by atoms with Crippen molar-refractivity contribution in [1.29, 1.82) is 10.5 Å². The molecule has 0 aromatic carbocycles. The Hall–Kier alpha value is -2.20. The predicted octanol–water partition coefficient (Wildman–Crippen LogP) is 1.76. The quantitative estimate of drug-likeness (QED) is 0.657. The molecule has 0 atom stereocenters. The van der Waals surface area contributed by atoms with Crippen LogP contribution in [0.1, 0.15) is 5.56 Å². The average molecular weight is 184 g/mol. The molecule has 0 aliphatic rings. The Bertz CT molecular complexity index is 408. The number of rotatable bonds is 2. The molecule has 0 aliphatic carbocycles. The molecule has 1 aromatic rings. The number of aromatic nitrogens is 1. The van der Waals surface area contributed by atoms with Crippen LogP contribution in [0, 0.1) is 35.5 Å². The Morgan fingerprint density at radius 2 is 2.21 bits per heavy atom. The first kappa shape index (κ1) is 9.88. The SMILES string of the molecule is Cc1ccncc1N=CC(C#N)C#N. The van der Waals surface area contributed by atoms with Gasteiger partial charge in [0.15, 0.2) is 5.92 Å². The van der Waals surface area contributed by atoms with Gasteiger partial charge in [-0.3, -0.25) is 9.98 Å². The third-order valence-electron chi connectivity index (χ3n) is 1.65. The van der Waals surface area contributed by atoms with Gasteiger partial charge in [0.05, 0.1) is 24.0 Å². The molecular formula is C10H8N4. The zero-order valence-electron chi connectivity index (χ0n) is 7.68. The topological polar surface area (TPSA) is 72.8 Å². The zero-order valence-corrected chi connectivity index (χ0v) is 7.68. The van der Waals surface area contributed by atoms with Crippen molar-refractivity contribution in [2.45, 2.75) is 6.92 Å². The molecule has 68 valence electrons. The Morgan fingerprint density at radius 1 is 1.50 bits per heavy atom. The summed E-state index contributed by atoms with van der Waals surface area (Å²) in [6, 6.07) is 5.44. The number of aliphatic imine (C=N–C) groups is 1. The van der Waals surface area contributed by atoms with E-state index in [1.807, 2.05) is 25.1 Å². The first-order valence-corrected chi connectivity index (χ1v) is 4.02. The van der Waals surface area contributed by atoms with Gasteiger partial charge in [0.25, 0.3) is 0 Å². The molecule has 0 N–H and O–H groups in total. The fourth-order valence-corrected chi connectivity index (χ4v) is 0.841. The summed E-state index contributed by atoms with van der Waals surface area (Å²) in [7, 11) is 0. The zero-order chi connectivity index (χ0) is 10.4. The van der Waals surface area contributed by atoms with Gasteiger partial charge >= 0.3 is 0 Å². The lowest BCUT2D eigenvalue weighted by molar-refractivity contribution is 1.17. The number of aryl methyl sites for hydroxylation is 1. The first-order valence-electron chi connectivity index (χ1n) is 4.02. The normalized spacial score (nSPS) is 10.0. The molecule has 4 heteroatoms. The van der Waals surface area contributed by atoms with Gasteiger partial charge in [0.2, 0.25) is 0 Å². The van der Waals surface area contributed by atoms with Crippen LogP contribution in [0.2, 0.25) is 0 Å². The van der Waals surface area contributed by atoms with Gasteiger partial charge in [0, 0.05) is 12.4 Å². The van der Waals surface area contributed by atoms with E-state index in [0.29, 0.717) is 5.69 Å². The lowest BCUT2D eigenvalue weighted by atomic mass is 10.2. The number of nitrogens with zero attached hydrogens (tertiary/aromatic N) is 4. The minimum absolute atomic E-state index is 0.683. The number of nitriles is 2. The van der Waals surface area contributed by atoms with Crippen LogP contribution in [0.15, 0.2) is 23.5 Å². The van der Waals surface area contributed by atoms with Gasteiger partial charge in [-0.25, -0.2) is 0 Å². The third kappa shape index (κ3) is 2.40. The van der Waals surface area contributed by atoms with E-state index in [0.717, 1.165) is 5.56 Å². The van der Waals surface area contributed by atoms with E-state index in [9.17, 15) is 0 Å². The fourth-order valence-electron chi connectivity index (χ4n) is 0.841. The highest BCUT2D eigenvalue weighted by molar-refractivity contribution is 5.71. The molecule has 4 nitrogen and oxygen atoms in total. The molecule has 0 saturated heterocycles. The van der Waals surface area contributed by atoms with Crippen molar-refractivity contribution < 1.29 is 0 Å². The number of hydrogen-bond donors (Lipinski definition) is 0. The second kappa shape index (κ2) is 4.74. The molecule has 1 rings (SSSR count). The highest BCUT2D eigenvalue weighted by atomic mass is 14.8. The second-order valence-corrected chi connectivity index (χ2v) is 2.68. The van der Waals surface area contributed by atoms with E-state index in [1.54, 1.807) is 12.4 Å². The van der Waals surface area contributed by atoms with Crippen molar-refractivity contribution in [3.63, 3.8) is 0 Å². The molecule has 0 radical (unpaired) electrons. The highest BCUT2D eigenvalue weighted by Crippen LogP contribution is 2.14. The van der Waals surface area contributed by atoms with Crippen LogP contribution in [0.5, 0.6) is 0 Å². The van der Waals surface area contributed by atoms with Gasteiger partial charge in [-0.1, -0.05) is 0 Å². The molecule has 1 aromatic heterocycles. The average Bonchev–Trinajstić information content (AvgIpc) is 2.22. The van der Waals surface area contributed by atoms with Crippen molar-refractivity contribution in [1.82, 2.24) is 4.98 Å². The molecule has 14 heavy (non-hydrogen) atoms. The number of hydrogen-bond acceptors (Lipinski definition) is 4. The van der Waals surface area contributed by atoms with Crippen LogP contribution in [-0.2, 0) is 0 Å². The Kier molecular flexibility index (Phi) is 3.34. The largest absolute Gasteiger partial charge is 0.262 e. The van der Waals surface area contributed by atoms with Crippen LogP contribution >= 0.6 is 0 Å². The monoisotopic (exact) mass is 184 g/mol. The molecule has 0 aliphatic heterocycles. The molecule has 0 unspecified atom stereocenters. The van der Waals surface area contributed by atoms with Gasteiger partial charge in [-0.15, -0.1) is 0 Å². The summed E-state index contributed by atoms with van der Waals surface area (Å²) in [5.74, 6) is -0.797. The molecule has 0 amide bonds. The standard InChI is InChI=1S/C10H8N4/c1-8-2-3-13-7-10(8)14-6-9(4-11)5-12/h2-3,6-7,9H,1H3. The lowest BCUT2D eigenvalue weighted by Crippen LogP contribution is -1.92. The van der Waals surface area contributed by atoms with Crippen molar-refractivity contribution >= 4 is 11.9 Å². The molecule has 0 fully saturated rings. The summed E-state index contributed by atoms with van der Waals surface area (Å²) in [6.07, 6.45) is 4.59. The van der Waals surface area contributed by atoms with E-state index in [1.165, 1.54) is 6.21 Å². The van der Waals surface area contributed by atoms with Gasteiger partial charge < -0.3 is 0 Å². The van der Waals surface area contributed by atoms with E-state index >= 15 is 0 Å². The highest BCUT2D eigenvalue weighted by Gasteiger charge is 2.00. The summed E-state index contributed by atoms with van der Waals surface area (Å²) in [6.45, 7) is 1.89. The van der Waals surface area contributed by atoms with Gasteiger partial charge in [0.1, 0.15) is 0 Å². The van der Waals surface area contributed by atoms with Crippen LogP contribution in [0.4, 0.5) is 5.69 Å². The van der Waals surface area contributed by atoms with Crippen LogP contribution in [0.3, 0.4) is 0 Å². The third-order valence-corrected chi connectivity index (χ3v) is 1.65. The number of pyridine rings is 1. The summed E-state index contributed by atoms with van der Waals surface area (Å²) in [5.41, 5.74) is 1.65. The summed E-state index contributed by atoms with van der Waals surface area (Å²) >= 11 is 0. The summed E-state index contributed by atoms with van der Waals surface area (Å²) in [4.78, 5) is 7.91. The van der Waals surface area contributed by atoms with Crippen molar-refractivity contribution in [3.8, 4) is 12.1 Å². The van der Waals surface area contributed by atoms with Crippen LogP contribution < -0.4 is 0 Å². The van der Waals surface area contributed by atoms with E-state index in [4.69, 9.17) is 10.5 Å². The minimum Gasteiger partial charge on any atom is -0.262 e. The van der Waals surface area contributed by atoms with Gasteiger partial charge in [-0.05, 0) is 18.6 Å². The predicted molar refractivity (Wildman–Crippen MR) is 51.8 cm³/mol. The Labute approximate surface area is 82.2 Å². The Morgan fingerprint density at radius 3 is 2.79 bits per heavy atom. The molecule has 1 heterocycles. The lowest BCUT2D eigenvalue weighted by Gasteiger charge is -1.96. The maximum Gasteiger partial charge on any atom is 0.168 e. The fraction of sp³-hybridized carbons (Fsp3) is 0.200. The van der Waals surface area contributed by atoms with Crippen LogP contribution in [-0.4, -0.2) is 11.2 Å². The van der Waals surface area contributed by atoms with Crippen molar-refractivity contribution in [3.05, 3.63) is 24.0 Å². The molecule has 0 bridgehead atoms. The molecular weight excluding hydrogens is 176 g/mol. The van der Waals surface area contributed by atoms with E-state index in [-0.39, 0.29) is 0 Å². The smallest absolute Gasteiger partial charge is 0.168 e. The second-order valence-electron chi connectivity index (χ2n) is 2.68. The van der Waals surface area contributed by atoms with E-state index in [2.05, 4.69) is 9.98 Å². The van der Waals surface area contributed by atoms with Crippen molar-refractivity contribution in [2.75, 3.05) is 0 Å². The maximum absolute atomic E-state index is 8.49. The van der Waals surface area contributed by atoms with Crippen molar-refractivity contribution in [2.24, 2.45) is 10.9 Å². The summed E-state index contributed by atoms with van der Waals surface area (Å²) < 4.78 is 0. The minimum atomic E-state index is -0.797. The molecule has 0 saturated carbocycles. The molecule has 0 spiro atoms. The van der Waals surface area contributed by atoms with E-state index < -0.39 is 5.92 Å². The Balaban J connectivity index is 2.86. The van der Waals surface area contributed by atoms with Gasteiger partial charge in [-0.2, -0.15) is 10.5 Å². The maximum atomic E-state index is 8.49. The van der Waals surface area contributed by atoms with Crippen LogP contribution in [0.25, 0.3) is 0 Å². The summed E-state index contributed by atoms with van der Waals surface area (Å²) in [5, 5.41) is 17.0.